The van der Waals surface area contributed by atoms with Crippen molar-refractivity contribution < 1.29 is 64.8 Å². The molecule has 0 aliphatic heterocycles. The molecule has 0 rings (SSSR count). The molecule has 0 spiro atoms. The van der Waals surface area contributed by atoms with Crippen LogP contribution >= 0.6 is 0 Å². The molecular weight excluding hydrogens is 412 g/mol. The number of aliphatic hydroxyl groups excluding tert-OH is 4. The molecule has 0 heterocycles. The summed E-state index contributed by atoms with van der Waals surface area (Å²) in [7, 11) is 0. The van der Waals surface area contributed by atoms with Gasteiger partial charge in [0.2, 0.25) is 0 Å². The molecule has 0 saturated heterocycles. The van der Waals surface area contributed by atoms with Crippen molar-refractivity contribution in [2.75, 3.05) is 33.0 Å². The van der Waals surface area contributed by atoms with Gasteiger partial charge in [-0.05, 0) is 19.8 Å². The molecule has 0 bridgehead atoms. The molecule has 0 aromatic carbocycles. The lowest BCUT2D eigenvalue weighted by atomic mass is 10.2. The van der Waals surface area contributed by atoms with Crippen molar-refractivity contribution in [1.82, 2.24) is 0 Å². The summed E-state index contributed by atoms with van der Waals surface area (Å²) < 4.78 is 4.63. The second kappa shape index (κ2) is 28.6. The third-order valence-corrected chi connectivity index (χ3v) is 2.14. The lowest BCUT2D eigenvalue weighted by Crippen LogP contribution is -2.03. The standard InChI is InChI=1S/C6H10O4.C4H4O4.C4H10O3.C3H8O2/c7-5(8)3-1-2-4-6(9)10;5-3(6)1-2-4(7)8;5-1-3-7-4-2-6;1-3(5)2-4/h1-4H2,(H,7,8)(H,9,10);1-2H,(H,5,6)(H,7,8);5-6H,1-4H2;3-5H,2H2,1H3. The summed E-state index contributed by atoms with van der Waals surface area (Å²) in [5.74, 6) is -4.25. The highest BCUT2D eigenvalue weighted by molar-refractivity contribution is 5.89. The summed E-state index contributed by atoms with van der Waals surface area (Å²) in [6.07, 6.45) is 1.57. The Morgan fingerprint density at radius 3 is 1.23 bits per heavy atom. The summed E-state index contributed by atoms with van der Waals surface area (Å²) in [6.45, 7) is 2.08. The summed E-state index contributed by atoms with van der Waals surface area (Å²) in [5.41, 5.74) is 0. The van der Waals surface area contributed by atoms with E-state index in [0.717, 1.165) is 0 Å². The van der Waals surface area contributed by atoms with Gasteiger partial charge in [0.05, 0.1) is 39.1 Å². The zero-order valence-electron chi connectivity index (χ0n) is 16.7. The Hall–Kier alpha value is -2.58. The van der Waals surface area contributed by atoms with Crippen LogP contribution in [0.3, 0.4) is 0 Å². The Morgan fingerprint density at radius 1 is 0.767 bits per heavy atom. The number of ether oxygens (including phenoxy) is 1. The van der Waals surface area contributed by atoms with Crippen LogP contribution in [0.4, 0.5) is 0 Å². The van der Waals surface area contributed by atoms with Gasteiger partial charge in [-0.1, -0.05) is 0 Å². The largest absolute Gasteiger partial charge is 0.481 e. The molecule has 1 unspecified atom stereocenters. The first-order chi connectivity index (χ1) is 13.9. The average Bonchev–Trinajstić information content (AvgIpc) is 2.65. The van der Waals surface area contributed by atoms with Crippen LogP contribution in [0.1, 0.15) is 32.6 Å². The number of hydrogen-bond acceptors (Lipinski definition) is 9. The molecule has 1 atom stereocenters. The van der Waals surface area contributed by atoms with E-state index in [2.05, 4.69) is 4.74 Å². The predicted octanol–water partition coefficient (Wildman–Crippen LogP) is -1.23. The number of aliphatic carboxylic acids is 4. The average molecular weight is 444 g/mol. The summed E-state index contributed by atoms with van der Waals surface area (Å²) in [4.78, 5) is 38.9. The topological polar surface area (TPSA) is 239 Å². The van der Waals surface area contributed by atoms with E-state index in [0.29, 0.717) is 38.2 Å². The van der Waals surface area contributed by atoms with E-state index in [1.54, 1.807) is 0 Å². The second-order valence-corrected chi connectivity index (χ2v) is 5.10. The van der Waals surface area contributed by atoms with E-state index in [9.17, 15) is 19.2 Å². The van der Waals surface area contributed by atoms with E-state index < -0.39 is 30.0 Å². The maximum Gasteiger partial charge on any atom is 0.328 e. The maximum absolute atomic E-state index is 9.90. The molecule has 30 heavy (non-hydrogen) atoms. The van der Waals surface area contributed by atoms with Crippen molar-refractivity contribution in [3.63, 3.8) is 0 Å². The quantitative estimate of drug-likeness (QED) is 0.130. The molecule has 0 saturated carbocycles. The fraction of sp³-hybridized carbons (Fsp3) is 0.647. The summed E-state index contributed by atoms with van der Waals surface area (Å²) in [6, 6.07) is 0. The van der Waals surface area contributed by atoms with Crippen molar-refractivity contribution >= 4 is 23.9 Å². The molecule has 0 fully saturated rings. The molecule has 0 aromatic heterocycles. The molecule has 0 amide bonds. The van der Waals surface area contributed by atoms with Crippen LogP contribution in [0.25, 0.3) is 0 Å². The van der Waals surface area contributed by atoms with Crippen LogP contribution in [0.5, 0.6) is 0 Å². The molecule has 13 heteroatoms. The maximum atomic E-state index is 9.90. The van der Waals surface area contributed by atoms with E-state index in [1.165, 1.54) is 6.92 Å². The number of carboxylic acids is 4. The zero-order valence-corrected chi connectivity index (χ0v) is 16.7. The number of hydrogen-bond donors (Lipinski definition) is 8. The van der Waals surface area contributed by atoms with Gasteiger partial charge < -0.3 is 45.6 Å². The third kappa shape index (κ3) is 63.8. The van der Waals surface area contributed by atoms with Gasteiger partial charge in [-0.15, -0.1) is 0 Å². The summed E-state index contributed by atoms with van der Waals surface area (Å²) in [5, 5.41) is 64.1. The van der Waals surface area contributed by atoms with Gasteiger partial charge in [-0.2, -0.15) is 0 Å². The lowest BCUT2D eigenvalue weighted by Gasteiger charge is -1.94. The Bertz CT molecular complexity index is 425. The SMILES string of the molecule is CC(O)CO.O=C(O)C=CC(=O)O.O=C(O)CCCCC(=O)O.OCCOCCO. The number of rotatable bonds is 12. The minimum absolute atomic E-state index is 0.0278. The van der Waals surface area contributed by atoms with Gasteiger partial charge in [0.15, 0.2) is 0 Å². The minimum Gasteiger partial charge on any atom is -0.481 e. The normalized spacial score (nSPS) is 10.3. The Kier molecular flexibility index (Phi) is 33.3. The molecule has 0 aliphatic rings. The van der Waals surface area contributed by atoms with Gasteiger partial charge in [0.1, 0.15) is 0 Å². The highest BCUT2D eigenvalue weighted by Crippen LogP contribution is 1.98. The zero-order chi connectivity index (χ0) is 24.4. The first-order valence-electron chi connectivity index (χ1n) is 8.60. The minimum atomic E-state index is -1.26. The van der Waals surface area contributed by atoms with Crippen molar-refractivity contribution in [3.8, 4) is 0 Å². The molecule has 0 aromatic rings. The van der Waals surface area contributed by atoms with Gasteiger partial charge in [-0.3, -0.25) is 9.59 Å². The first-order valence-corrected chi connectivity index (χ1v) is 8.60. The van der Waals surface area contributed by atoms with Crippen molar-refractivity contribution in [2.45, 2.75) is 38.7 Å². The van der Waals surface area contributed by atoms with Gasteiger partial charge in [0, 0.05) is 25.0 Å². The van der Waals surface area contributed by atoms with E-state index >= 15 is 0 Å². The molecular formula is C17H32O13. The molecule has 13 nitrogen and oxygen atoms in total. The Morgan fingerprint density at radius 2 is 1.07 bits per heavy atom. The van der Waals surface area contributed by atoms with Crippen LogP contribution in [0, 0.1) is 0 Å². The van der Waals surface area contributed by atoms with Crippen LogP contribution < -0.4 is 0 Å². The highest BCUT2D eigenvalue weighted by atomic mass is 16.5. The highest BCUT2D eigenvalue weighted by Gasteiger charge is 1.99. The van der Waals surface area contributed by atoms with Crippen molar-refractivity contribution in [2.24, 2.45) is 0 Å². The molecule has 0 aliphatic carbocycles. The predicted molar refractivity (Wildman–Crippen MR) is 102 cm³/mol. The van der Waals surface area contributed by atoms with Crippen LogP contribution in [0.15, 0.2) is 12.2 Å². The van der Waals surface area contributed by atoms with Crippen LogP contribution in [-0.2, 0) is 23.9 Å². The van der Waals surface area contributed by atoms with E-state index in [4.69, 9.17) is 40.9 Å². The van der Waals surface area contributed by atoms with E-state index in [1.807, 2.05) is 0 Å². The van der Waals surface area contributed by atoms with E-state index in [-0.39, 0.29) is 32.7 Å². The Labute approximate surface area is 173 Å². The first kappa shape index (κ1) is 34.9. The van der Waals surface area contributed by atoms with Gasteiger partial charge in [-0.25, -0.2) is 9.59 Å². The monoisotopic (exact) mass is 444 g/mol. The van der Waals surface area contributed by atoms with Crippen LogP contribution in [-0.4, -0.2) is 104 Å². The number of aliphatic hydroxyl groups is 4. The third-order valence-electron chi connectivity index (χ3n) is 2.14. The van der Waals surface area contributed by atoms with Gasteiger partial charge in [0.25, 0.3) is 0 Å². The molecule has 178 valence electrons. The number of carbonyl (C=O) groups is 4. The number of carboxylic acid groups (broad SMARTS) is 4. The smallest absolute Gasteiger partial charge is 0.328 e. The Balaban J connectivity index is -0.000000155. The van der Waals surface area contributed by atoms with Gasteiger partial charge >= 0.3 is 23.9 Å². The van der Waals surface area contributed by atoms with Crippen molar-refractivity contribution in [1.29, 1.82) is 0 Å². The second-order valence-electron chi connectivity index (χ2n) is 5.10. The molecule has 8 N–H and O–H groups in total. The van der Waals surface area contributed by atoms with Crippen molar-refractivity contribution in [3.05, 3.63) is 12.2 Å². The summed E-state index contributed by atoms with van der Waals surface area (Å²) >= 11 is 0. The van der Waals surface area contributed by atoms with Crippen LogP contribution in [0.2, 0.25) is 0 Å². The fourth-order valence-corrected chi connectivity index (χ4v) is 0.926. The lowest BCUT2D eigenvalue weighted by molar-refractivity contribution is -0.139. The number of unbranched alkanes of at least 4 members (excludes halogenated alkanes) is 1. The molecule has 0 radical (unpaired) electrons. The fourth-order valence-electron chi connectivity index (χ4n) is 0.926.